The lowest BCUT2D eigenvalue weighted by Crippen LogP contribution is -2.21. The fourth-order valence-electron chi connectivity index (χ4n) is 1.40. The molecule has 2 aromatic heterocycles. The first-order chi connectivity index (χ1) is 6.68. The van der Waals surface area contributed by atoms with Crippen LogP contribution in [0, 0.1) is 5.92 Å². The molecule has 0 fully saturated rings. The normalized spacial score (nSPS) is 11.4. The summed E-state index contributed by atoms with van der Waals surface area (Å²) in [7, 11) is 0. The maximum Gasteiger partial charge on any atom is 0.271 e. The van der Waals surface area contributed by atoms with Crippen LogP contribution in [0.5, 0.6) is 0 Å². The molecule has 0 spiro atoms. The van der Waals surface area contributed by atoms with Crippen molar-refractivity contribution < 1.29 is 0 Å². The van der Waals surface area contributed by atoms with Crippen molar-refractivity contribution in [3.8, 4) is 0 Å². The molecule has 3 nitrogen and oxygen atoms in total. The fourth-order valence-corrected chi connectivity index (χ4v) is 2.19. The van der Waals surface area contributed by atoms with E-state index < -0.39 is 0 Å². The highest BCUT2D eigenvalue weighted by Gasteiger charge is 2.05. The van der Waals surface area contributed by atoms with Crippen molar-refractivity contribution in [1.29, 1.82) is 0 Å². The lowest BCUT2D eigenvalue weighted by atomic mass is 10.2. The minimum Gasteiger partial charge on any atom is -0.298 e. The Balaban J connectivity index is 2.57. The Morgan fingerprint density at radius 3 is 3.07 bits per heavy atom. The van der Waals surface area contributed by atoms with Crippen LogP contribution in [0.3, 0.4) is 0 Å². The van der Waals surface area contributed by atoms with Crippen molar-refractivity contribution in [3.05, 3.63) is 28.1 Å². The number of rotatable bonds is 2. The van der Waals surface area contributed by atoms with E-state index in [1.165, 1.54) is 11.3 Å². The second kappa shape index (κ2) is 3.53. The number of thiophene rings is 1. The summed E-state index contributed by atoms with van der Waals surface area (Å²) in [6.45, 7) is 4.91. The molecule has 0 saturated carbocycles. The molecule has 0 bridgehead atoms. The summed E-state index contributed by atoms with van der Waals surface area (Å²) in [6.07, 6.45) is 1.64. The maximum atomic E-state index is 11.9. The summed E-state index contributed by atoms with van der Waals surface area (Å²) in [5.41, 5.74) is 0.888. The van der Waals surface area contributed by atoms with Crippen molar-refractivity contribution in [2.24, 2.45) is 5.92 Å². The van der Waals surface area contributed by atoms with Crippen LogP contribution in [0.15, 0.2) is 22.6 Å². The van der Waals surface area contributed by atoms with Gasteiger partial charge in [-0.3, -0.25) is 9.36 Å². The van der Waals surface area contributed by atoms with Crippen molar-refractivity contribution in [1.82, 2.24) is 9.55 Å². The molecule has 0 aliphatic carbocycles. The van der Waals surface area contributed by atoms with Crippen molar-refractivity contribution >= 4 is 21.6 Å². The van der Waals surface area contributed by atoms with E-state index in [0.717, 1.165) is 16.8 Å². The SMILES string of the molecule is CC(C)Cn1cnc2ccsc2c1=O. The highest BCUT2D eigenvalue weighted by atomic mass is 32.1. The molecule has 0 saturated heterocycles. The van der Waals surface area contributed by atoms with Gasteiger partial charge in [-0.2, -0.15) is 0 Å². The standard InChI is InChI=1S/C10H12N2OS/c1-7(2)5-12-6-11-8-3-4-14-9(8)10(12)13/h3-4,6-7H,5H2,1-2H3. The van der Waals surface area contributed by atoms with E-state index in [-0.39, 0.29) is 5.56 Å². The van der Waals surface area contributed by atoms with Crippen molar-refractivity contribution in [3.63, 3.8) is 0 Å². The molecule has 0 amide bonds. The first-order valence-corrected chi connectivity index (χ1v) is 5.49. The van der Waals surface area contributed by atoms with Gasteiger partial charge >= 0.3 is 0 Å². The molecule has 0 atom stereocenters. The first kappa shape index (κ1) is 9.40. The zero-order chi connectivity index (χ0) is 10.1. The van der Waals surface area contributed by atoms with E-state index in [4.69, 9.17) is 0 Å². The predicted octanol–water partition coefficient (Wildman–Crippen LogP) is 2.11. The quantitative estimate of drug-likeness (QED) is 0.757. The average Bonchev–Trinajstić information content (AvgIpc) is 2.57. The smallest absolute Gasteiger partial charge is 0.271 e. The Hall–Kier alpha value is -1.16. The monoisotopic (exact) mass is 208 g/mol. The molecule has 2 aromatic rings. The van der Waals surface area contributed by atoms with E-state index in [2.05, 4.69) is 18.8 Å². The van der Waals surface area contributed by atoms with E-state index in [1.54, 1.807) is 10.9 Å². The number of aromatic nitrogens is 2. The first-order valence-electron chi connectivity index (χ1n) is 4.61. The third kappa shape index (κ3) is 1.57. The van der Waals surface area contributed by atoms with Gasteiger partial charge in [-0.25, -0.2) is 4.98 Å². The molecule has 0 N–H and O–H groups in total. The van der Waals surface area contributed by atoms with Crippen LogP contribution < -0.4 is 5.56 Å². The molecule has 14 heavy (non-hydrogen) atoms. The lowest BCUT2D eigenvalue weighted by molar-refractivity contribution is 0.509. The molecule has 4 heteroatoms. The Morgan fingerprint density at radius 1 is 1.57 bits per heavy atom. The molecule has 2 rings (SSSR count). The van der Waals surface area contributed by atoms with Gasteiger partial charge in [-0.15, -0.1) is 11.3 Å². The number of nitrogens with zero attached hydrogens (tertiary/aromatic N) is 2. The third-order valence-corrected chi connectivity index (χ3v) is 2.89. The summed E-state index contributed by atoms with van der Waals surface area (Å²) >= 11 is 1.46. The third-order valence-electron chi connectivity index (χ3n) is 2.00. The van der Waals surface area contributed by atoms with E-state index in [0.29, 0.717) is 5.92 Å². The van der Waals surface area contributed by atoms with E-state index >= 15 is 0 Å². The fraction of sp³-hybridized carbons (Fsp3) is 0.400. The Labute approximate surface area is 86.0 Å². The molecular weight excluding hydrogens is 196 g/mol. The molecule has 2 heterocycles. The molecular formula is C10H12N2OS. The lowest BCUT2D eigenvalue weighted by Gasteiger charge is -2.06. The molecule has 0 radical (unpaired) electrons. The summed E-state index contributed by atoms with van der Waals surface area (Å²) in [5.74, 6) is 0.465. The van der Waals surface area contributed by atoms with Gasteiger partial charge in [-0.1, -0.05) is 13.8 Å². The second-order valence-electron chi connectivity index (χ2n) is 3.73. The van der Waals surface area contributed by atoms with Crippen LogP contribution in [0.4, 0.5) is 0 Å². The minimum atomic E-state index is 0.0821. The molecule has 0 aliphatic heterocycles. The highest BCUT2D eigenvalue weighted by Crippen LogP contribution is 2.13. The molecule has 0 aromatic carbocycles. The summed E-state index contributed by atoms with van der Waals surface area (Å²) in [5, 5.41) is 1.90. The highest BCUT2D eigenvalue weighted by molar-refractivity contribution is 7.17. The molecule has 0 aliphatic rings. The van der Waals surface area contributed by atoms with Gasteiger partial charge in [0, 0.05) is 6.54 Å². The summed E-state index contributed by atoms with van der Waals surface area (Å²) < 4.78 is 2.44. The van der Waals surface area contributed by atoms with Crippen molar-refractivity contribution in [2.45, 2.75) is 20.4 Å². The topological polar surface area (TPSA) is 34.9 Å². The zero-order valence-corrected chi connectivity index (χ0v) is 9.04. The summed E-state index contributed by atoms with van der Waals surface area (Å²) in [4.78, 5) is 16.1. The molecule has 0 unspecified atom stereocenters. The van der Waals surface area contributed by atoms with Gasteiger partial charge in [0.2, 0.25) is 0 Å². The predicted molar refractivity (Wildman–Crippen MR) is 58.7 cm³/mol. The van der Waals surface area contributed by atoms with Crippen molar-refractivity contribution in [2.75, 3.05) is 0 Å². The van der Waals surface area contributed by atoms with Crippen LogP contribution >= 0.6 is 11.3 Å². The van der Waals surface area contributed by atoms with Crippen LogP contribution in [-0.2, 0) is 6.54 Å². The van der Waals surface area contributed by atoms with Gasteiger partial charge in [0.1, 0.15) is 4.70 Å². The van der Waals surface area contributed by atoms with E-state index in [9.17, 15) is 4.79 Å². The van der Waals surface area contributed by atoms with Gasteiger partial charge in [0.15, 0.2) is 0 Å². The van der Waals surface area contributed by atoms with Gasteiger partial charge in [-0.05, 0) is 17.4 Å². The van der Waals surface area contributed by atoms with Gasteiger partial charge < -0.3 is 0 Å². The largest absolute Gasteiger partial charge is 0.298 e. The van der Waals surface area contributed by atoms with Crippen LogP contribution in [-0.4, -0.2) is 9.55 Å². The molecule has 74 valence electrons. The van der Waals surface area contributed by atoms with Crippen LogP contribution in [0.2, 0.25) is 0 Å². The summed E-state index contributed by atoms with van der Waals surface area (Å²) in [6, 6.07) is 1.88. The average molecular weight is 208 g/mol. The number of hydrogen-bond acceptors (Lipinski definition) is 3. The Morgan fingerprint density at radius 2 is 2.36 bits per heavy atom. The maximum absolute atomic E-state index is 11.9. The number of hydrogen-bond donors (Lipinski definition) is 0. The van der Waals surface area contributed by atoms with Gasteiger partial charge in [0.05, 0.1) is 11.8 Å². The Bertz CT molecular complexity index is 498. The Kier molecular flexibility index (Phi) is 2.37. The van der Waals surface area contributed by atoms with Crippen LogP contribution in [0.25, 0.3) is 10.2 Å². The second-order valence-corrected chi connectivity index (χ2v) is 4.65. The minimum absolute atomic E-state index is 0.0821. The van der Waals surface area contributed by atoms with Crippen LogP contribution in [0.1, 0.15) is 13.8 Å². The zero-order valence-electron chi connectivity index (χ0n) is 8.23. The van der Waals surface area contributed by atoms with Gasteiger partial charge in [0.25, 0.3) is 5.56 Å². The number of fused-ring (bicyclic) bond motifs is 1. The van der Waals surface area contributed by atoms with E-state index in [1.807, 2.05) is 11.4 Å².